The second kappa shape index (κ2) is 6.00. The molecule has 0 saturated heterocycles. The van der Waals surface area contributed by atoms with E-state index in [1.807, 2.05) is 13.8 Å². The number of hydrogen-bond acceptors (Lipinski definition) is 4. The zero-order valence-corrected chi connectivity index (χ0v) is 9.69. The Labute approximate surface area is 98.2 Å². The van der Waals surface area contributed by atoms with Gasteiger partial charge in [-0.1, -0.05) is 0 Å². The van der Waals surface area contributed by atoms with Crippen LogP contribution in [0.3, 0.4) is 0 Å². The molecule has 1 rings (SSSR count). The molecule has 1 aromatic heterocycles. The lowest BCUT2D eigenvalue weighted by Crippen LogP contribution is -2.33. The van der Waals surface area contributed by atoms with Crippen molar-refractivity contribution in [1.82, 2.24) is 15.3 Å². The number of carbonyl (C=O) groups excluding carboxylic acids is 1. The first-order valence-corrected chi connectivity index (χ1v) is 5.22. The molecule has 1 unspecified atom stereocenters. The second-order valence-corrected chi connectivity index (χ2v) is 3.41. The van der Waals surface area contributed by atoms with Gasteiger partial charge in [-0.25, -0.2) is 9.78 Å². The maximum Gasteiger partial charge on any atom is 0.354 e. The van der Waals surface area contributed by atoms with E-state index in [1.54, 1.807) is 0 Å². The van der Waals surface area contributed by atoms with E-state index >= 15 is 0 Å². The summed E-state index contributed by atoms with van der Waals surface area (Å²) in [6, 6.07) is 0. The van der Waals surface area contributed by atoms with Gasteiger partial charge in [0.15, 0.2) is 11.4 Å². The molecule has 3 N–H and O–H groups in total. The Kier molecular flexibility index (Phi) is 4.65. The quantitative estimate of drug-likeness (QED) is 0.662. The Morgan fingerprint density at radius 2 is 2.35 bits per heavy atom. The Hall–Kier alpha value is -1.89. The zero-order chi connectivity index (χ0) is 12.8. The average molecular weight is 241 g/mol. The standard InChI is InChI=1S/C10H15N3O4/c1-3-17-6(2)4-11-9(14)7-8(10(15)16)13-5-12-7/h5-6H,3-4H2,1-2H3,(H,11,14)(H,12,13)(H,15,16). The molecule has 17 heavy (non-hydrogen) atoms. The Bertz CT molecular complexity index is 402. The molecule has 1 heterocycles. The maximum absolute atomic E-state index is 11.6. The number of carboxylic acids is 1. The van der Waals surface area contributed by atoms with Gasteiger partial charge in [0.2, 0.25) is 0 Å². The van der Waals surface area contributed by atoms with Crippen LogP contribution in [0.5, 0.6) is 0 Å². The number of imidazole rings is 1. The third-order valence-electron chi connectivity index (χ3n) is 2.07. The van der Waals surface area contributed by atoms with Gasteiger partial charge < -0.3 is 20.1 Å². The van der Waals surface area contributed by atoms with E-state index in [9.17, 15) is 9.59 Å². The van der Waals surface area contributed by atoms with Crippen molar-refractivity contribution < 1.29 is 19.4 Å². The molecule has 7 heteroatoms. The van der Waals surface area contributed by atoms with Crippen molar-refractivity contribution in [3.05, 3.63) is 17.7 Å². The summed E-state index contributed by atoms with van der Waals surface area (Å²) in [6.45, 7) is 4.53. The number of rotatable bonds is 6. The number of nitrogens with one attached hydrogen (secondary N) is 2. The lowest BCUT2D eigenvalue weighted by atomic mass is 10.3. The van der Waals surface area contributed by atoms with Crippen molar-refractivity contribution in [3.8, 4) is 0 Å². The smallest absolute Gasteiger partial charge is 0.354 e. The number of aromatic nitrogens is 2. The van der Waals surface area contributed by atoms with Crippen molar-refractivity contribution in [2.75, 3.05) is 13.2 Å². The third-order valence-corrected chi connectivity index (χ3v) is 2.07. The van der Waals surface area contributed by atoms with Gasteiger partial charge in [0.05, 0.1) is 12.4 Å². The van der Waals surface area contributed by atoms with E-state index in [2.05, 4.69) is 15.3 Å². The molecule has 1 atom stereocenters. The minimum absolute atomic E-state index is 0.124. The lowest BCUT2D eigenvalue weighted by molar-refractivity contribution is 0.0670. The SMILES string of the molecule is CCOC(C)CNC(=O)c1nc[nH]c1C(=O)O. The van der Waals surface area contributed by atoms with Crippen molar-refractivity contribution in [1.29, 1.82) is 0 Å². The monoisotopic (exact) mass is 241 g/mol. The summed E-state index contributed by atoms with van der Waals surface area (Å²) in [5.74, 6) is -1.75. The molecule has 0 bridgehead atoms. The molecule has 0 saturated carbocycles. The third kappa shape index (κ3) is 3.56. The van der Waals surface area contributed by atoms with Gasteiger partial charge in [-0.2, -0.15) is 0 Å². The van der Waals surface area contributed by atoms with Crippen LogP contribution in [0.4, 0.5) is 0 Å². The zero-order valence-electron chi connectivity index (χ0n) is 9.69. The molecule has 1 aromatic rings. The molecular formula is C10H15N3O4. The largest absolute Gasteiger partial charge is 0.477 e. The number of aromatic amines is 1. The van der Waals surface area contributed by atoms with Gasteiger partial charge in [0.1, 0.15) is 0 Å². The minimum atomic E-state index is -1.22. The minimum Gasteiger partial charge on any atom is -0.477 e. The fourth-order valence-corrected chi connectivity index (χ4v) is 1.29. The van der Waals surface area contributed by atoms with Gasteiger partial charge in [0.25, 0.3) is 5.91 Å². The summed E-state index contributed by atoms with van der Waals surface area (Å²) in [5, 5.41) is 11.3. The van der Waals surface area contributed by atoms with Crippen LogP contribution in [0, 0.1) is 0 Å². The van der Waals surface area contributed by atoms with E-state index in [-0.39, 0.29) is 17.5 Å². The molecule has 0 spiro atoms. The van der Waals surface area contributed by atoms with Crippen LogP contribution in [-0.2, 0) is 4.74 Å². The fourth-order valence-electron chi connectivity index (χ4n) is 1.29. The Morgan fingerprint density at radius 3 is 2.94 bits per heavy atom. The fraction of sp³-hybridized carbons (Fsp3) is 0.500. The first-order chi connectivity index (χ1) is 8.06. The van der Waals surface area contributed by atoms with Crippen molar-refractivity contribution >= 4 is 11.9 Å². The van der Waals surface area contributed by atoms with Crippen molar-refractivity contribution in [2.45, 2.75) is 20.0 Å². The van der Waals surface area contributed by atoms with Crippen LogP contribution >= 0.6 is 0 Å². The van der Waals surface area contributed by atoms with Crippen LogP contribution in [0.25, 0.3) is 0 Å². The second-order valence-electron chi connectivity index (χ2n) is 3.41. The summed E-state index contributed by atoms with van der Waals surface area (Å²) in [4.78, 5) is 28.4. The normalized spacial score (nSPS) is 12.1. The number of ether oxygens (including phenoxy) is 1. The van der Waals surface area contributed by atoms with E-state index in [1.165, 1.54) is 6.33 Å². The molecule has 7 nitrogen and oxygen atoms in total. The number of H-pyrrole nitrogens is 1. The predicted molar refractivity (Wildman–Crippen MR) is 59.0 cm³/mol. The van der Waals surface area contributed by atoms with E-state index in [4.69, 9.17) is 9.84 Å². The highest BCUT2D eigenvalue weighted by molar-refractivity contribution is 6.02. The average Bonchev–Trinajstić information content (AvgIpc) is 2.75. The highest BCUT2D eigenvalue weighted by atomic mass is 16.5. The molecule has 0 fully saturated rings. The number of aromatic carboxylic acids is 1. The highest BCUT2D eigenvalue weighted by Gasteiger charge is 2.19. The van der Waals surface area contributed by atoms with Gasteiger partial charge in [-0.05, 0) is 13.8 Å². The van der Waals surface area contributed by atoms with Gasteiger partial charge in [0, 0.05) is 13.2 Å². The van der Waals surface area contributed by atoms with E-state index in [0.29, 0.717) is 13.2 Å². The summed E-state index contributed by atoms with van der Waals surface area (Å²) in [7, 11) is 0. The molecule has 0 aliphatic carbocycles. The van der Waals surface area contributed by atoms with Crippen LogP contribution in [0.15, 0.2) is 6.33 Å². The lowest BCUT2D eigenvalue weighted by Gasteiger charge is -2.11. The van der Waals surface area contributed by atoms with Crippen LogP contribution in [0.1, 0.15) is 34.8 Å². The van der Waals surface area contributed by atoms with E-state index < -0.39 is 11.9 Å². The van der Waals surface area contributed by atoms with E-state index in [0.717, 1.165) is 0 Å². The summed E-state index contributed by atoms with van der Waals surface area (Å²) >= 11 is 0. The first kappa shape index (κ1) is 13.2. The molecule has 0 aromatic carbocycles. The van der Waals surface area contributed by atoms with Crippen LogP contribution in [-0.4, -0.2) is 46.2 Å². The molecule has 94 valence electrons. The Morgan fingerprint density at radius 1 is 1.65 bits per heavy atom. The van der Waals surface area contributed by atoms with Crippen LogP contribution in [0.2, 0.25) is 0 Å². The summed E-state index contributed by atoms with van der Waals surface area (Å²) in [5.41, 5.74) is -0.340. The number of nitrogens with zero attached hydrogens (tertiary/aromatic N) is 1. The van der Waals surface area contributed by atoms with Gasteiger partial charge in [-0.3, -0.25) is 4.79 Å². The number of amides is 1. The number of carbonyl (C=O) groups is 2. The molecule has 0 radical (unpaired) electrons. The highest BCUT2D eigenvalue weighted by Crippen LogP contribution is 2.02. The molecular weight excluding hydrogens is 226 g/mol. The van der Waals surface area contributed by atoms with Crippen molar-refractivity contribution in [3.63, 3.8) is 0 Å². The Balaban J connectivity index is 2.58. The van der Waals surface area contributed by atoms with Gasteiger partial charge in [-0.15, -0.1) is 0 Å². The number of hydrogen-bond donors (Lipinski definition) is 3. The van der Waals surface area contributed by atoms with Gasteiger partial charge >= 0.3 is 5.97 Å². The molecule has 1 amide bonds. The predicted octanol–water partition coefficient (Wildman–Crippen LogP) is 0.263. The maximum atomic E-state index is 11.6. The molecule has 0 aliphatic rings. The summed E-state index contributed by atoms with van der Waals surface area (Å²) in [6.07, 6.45) is 1.04. The molecule has 0 aliphatic heterocycles. The van der Waals surface area contributed by atoms with Crippen molar-refractivity contribution in [2.24, 2.45) is 0 Å². The first-order valence-electron chi connectivity index (χ1n) is 5.22. The number of carboxylic acid groups (broad SMARTS) is 1. The summed E-state index contributed by atoms with van der Waals surface area (Å²) < 4.78 is 5.23. The topological polar surface area (TPSA) is 104 Å². The van der Waals surface area contributed by atoms with Crippen LogP contribution < -0.4 is 5.32 Å².